The van der Waals surface area contributed by atoms with Crippen LogP contribution in [0.2, 0.25) is 0 Å². The van der Waals surface area contributed by atoms with Crippen molar-refractivity contribution in [2.75, 3.05) is 19.7 Å². The Bertz CT molecular complexity index is 154. The lowest BCUT2D eigenvalue weighted by atomic mass is 9.81. The average Bonchev–Trinajstić information content (AvgIpc) is 2.06. The molecule has 0 aliphatic carbocycles. The summed E-state index contributed by atoms with van der Waals surface area (Å²) in [5, 5.41) is 18.8. The van der Waals surface area contributed by atoms with Gasteiger partial charge in [-0.2, -0.15) is 0 Å². The highest BCUT2D eigenvalue weighted by atomic mass is 16.4. The van der Waals surface area contributed by atoms with Crippen LogP contribution in [0.1, 0.15) is 19.3 Å². The van der Waals surface area contributed by atoms with Crippen LogP contribution in [0, 0.1) is 5.92 Å². The molecule has 3 aliphatic rings. The minimum atomic E-state index is -0.874. The molecular weight excluding hydrogens is 142 g/mol. The summed E-state index contributed by atoms with van der Waals surface area (Å²) in [6.45, 7) is 1.81. The van der Waals surface area contributed by atoms with E-state index in [1.54, 1.807) is 0 Å². The van der Waals surface area contributed by atoms with Gasteiger partial charge in [0.05, 0.1) is 6.61 Å². The second kappa shape index (κ2) is 2.44. The van der Waals surface area contributed by atoms with Gasteiger partial charge in [0.15, 0.2) is 0 Å². The predicted octanol–water partition coefficient (Wildman–Crippen LogP) is -0.217. The standard InChI is InChI=1S/C8H15NO2/c10-6-8(11)5-7-1-3-9(8)4-2-7/h7,10-11H,1-6H2. The molecule has 3 heterocycles. The summed E-state index contributed by atoms with van der Waals surface area (Å²) in [6, 6.07) is 0. The first-order valence-corrected chi connectivity index (χ1v) is 4.33. The minimum Gasteiger partial charge on any atom is -0.392 e. The highest BCUT2D eigenvalue weighted by Gasteiger charge is 2.43. The molecule has 0 spiro atoms. The third kappa shape index (κ3) is 1.08. The van der Waals surface area contributed by atoms with Gasteiger partial charge in [-0.1, -0.05) is 0 Å². The summed E-state index contributed by atoms with van der Waals surface area (Å²) < 4.78 is 0. The van der Waals surface area contributed by atoms with Crippen LogP contribution in [0.15, 0.2) is 0 Å². The predicted molar refractivity (Wildman–Crippen MR) is 40.9 cm³/mol. The summed E-state index contributed by atoms with van der Waals surface area (Å²) in [6.07, 6.45) is 3.16. The molecule has 0 saturated carbocycles. The van der Waals surface area contributed by atoms with Gasteiger partial charge in [0.1, 0.15) is 5.72 Å². The largest absolute Gasteiger partial charge is 0.392 e. The van der Waals surface area contributed by atoms with E-state index in [2.05, 4.69) is 0 Å². The van der Waals surface area contributed by atoms with Crippen LogP contribution in [-0.2, 0) is 0 Å². The Morgan fingerprint density at radius 1 is 1.36 bits per heavy atom. The van der Waals surface area contributed by atoms with Gasteiger partial charge >= 0.3 is 0 Å². The molecule has 0 aromatic rings. The summed E-state index contributed by atoms with van der Waals surface area (Å²) in [5.41, 5.74) is -0.874. The van der Waals surface area contributed by atoms with Crippen molar-refractivity contribution >= 4 is 0 Å². The molecule has 2 bridgehead atoms. The maximum Gasteiger partial charge on any atom is 0.142 e. The molecule has 11 heavy (non-hydrogen) atoms. The highest BCUT2D eigenvalue weighted by molar-refractivity contribution is 4.92. The second-order valence-corrected chi connectivity index (χ2v) is 3.78. The number of aliphatic hydroxyl groups excluding tert-OH is 1. The number of fused-ring (bicyclic) bond motifs is 3. The van der Waals surface area contributed by atoms with Gasteiger partial charge in [0.25, 0.3) is 0 Å². The van der Waals surface area contributed by atoms with E-state index < -0.39 is 5.72 Å². The Kier molecular flexibility index (Phi) is 1.67. The number of hydrogen-bond acceptors (Lipinski definition) is 3. The van der Waals surface area contributed by atoms with Crippen molar-refractivity contribution < 1.29 is 10.2 Å². The first kappa shape index (κ1) is 7.53. The Balaban J connectivity index is 2.13. The molecule has 3 rings (SSSR count). The fourth-order valence-electron chi connectivity index (χ4n) is 2.31. The third-order valence-electron chi connectivity index (χ3n) is 3.07. The average molecular weight is 157 g/mol. The smallest absolute Gasteiger partial charge is 0.142 e. The van der Waals surface area contributed by atoms with Crippen molar-refractivity contribution in [3.8, 4) is 0 Å². The van der Waals surface area contributed by atoms with Crippen LogP contribution in [0.25, 0.3) is 0 Å². The van der Waals surface area contributed by atoms with Gasteiger partial charge in [0, 0.05) is 13.1 Å². The van der Waals surface area contributed by atoms with E-state index in [0.717, 1.165) is 19.5 Å². The number of rotatable bonds is 1. The van der Waals surface area contributed by atoms with Gasteiger partial charge in [-0.15, -0.1) is 0 Å². The Labute approximate surface area is 66.6 Å². The van der Waals surface area contributed by atoms with Crippen LogP contribution in [-0.4, -0.2) is 40.5 Å². The van der Waals surface area contributed by atoms with Crippen LogP contribution in [0.5, 0.6) is 0 Å². The molecule has 0 aromatic carbocycles. The van der Waals surface area contributed by atoms with Gasteiger partial charge in [-0.25, -0.2) is 0 Å². The van der Waals surface area contributed by atoms with Gasteiger partial charge in [-0.3, -0.25) is 4.90 Å². The molecule has 3 nitrogen and oxygen atoms in total. The molecule has 0 amide bonds. The molecule has 3 heteroatoms. The molecule has 3 aliphatic heterocycles. The normalized spacial score (nSPS) is 49.6. The van der Waals surface area contributed by atoms with E-state index in [-0.39, 0.29) is 6.61 Å². The lowest BCUT2D eigenvalue weighted by Gasteiger charge is -2.50. The van der Waals surface area contributed by atoms with E-state index in [1.807, 2.05) is 4.90 Å². The Morgan fingerprint density at radius 3 is 2.27 bits per heavy atom. The Morgan fingerprint density at radius 2 is 2.00 bits per heavy atom. The number of aliphatic hydroxyl groups is 2. The Hall–Kier alpha value is -0.120. The molecule has 1 unspecified atom stereocenters. The SMILES string of the molecule is OCC1(O)CC2CCN1CC2. The van der Waals surface area contributed by atoms with Crippen molar-refractivity contribution in [1.29, 1.82) is 0 Å². The molecule has 2 N–H and O–H groups in total. The van der Waals surface area contributed by atoms with E-state index >= 15 is 0 Å². The van der Waals surface area contributed by atoms with Crippen molar-refractivity contribution in [3.63, 3.8) is 0 Å². The molecule has 0 aromatic heterocycles. The van der Waals surface area contributed by atoms with Crippen LogP contribution < -0.4 is 0 Å². The molecule has 64 valence electrons. The van der Waals surface area contributed by atoms with Crippen molar-refractivity contribution in [2.24, 2.45) is 5.92 Å². The van der Waals surface area contributed by atoms with E-state index in [1.165, 1.54) is 12.8 Å². The molecule has 0 radical (unpaired) electrons. The zero-order valence-electron chi connectivity index (χ0n) is 6.66. The number of piperidine rings is 3. The van der Waals surface area contributed by atoms with Crippen molar-refractivity contribution in [1.82, 2.24) is 4.90 Å². The monoisotopic (exact) mass is 157 g/mol. The van der Waals surface area contributed by atoms with Crippen LogP contribution in [0.3, 0.4) is 0 Å². The second-order valence-electron chi connectivity index (χ2n) is 3.78. The number of hydrogen-bond donors (Lipinski definition) is 2. The summed E-state index contributed by atoms with van der Waals surface area (Å²) >= 11 is 0. The lowest BCUT2D eigenvalue weighted by Crippen LogP contribution is -2.60. The maximum atomic E-state index is 9.85. The molecule has 3 saturated heterocycles. The van der Waals surface area contributed by atoms with Crippen LogP contribution in [0.4, 0.5) is 0 Å². The quantitative estimate of drug-likeness (QED) is 0.553. The zero-order chi connectivity index (χ0) is 7.90. The fourth-order valence-corrected chi connectivity index (χ4v) is 2.31. The van der Waals surface area contributed by atoms with Crippen LogP contribution >= 0.6 is 0 Å². The van der Waals surface area contributed by atoms with E-state index in [9.17, 15) is 5.11 Å². The maximum absolute atomic E-state index is 9.85. The topological polar surface area (TPSA) is 43.7 Å². The summed E-state index contributed by atoms with van der Waals surface area (Å²) in [5.74, 6) is 0.650. The molecular formula is C8H15NO2. The van der Waals surface area contributed by atoms with Crippen molar-refractivity contribution in [3.05, 3.63) is 0 Å². The highest BCUT2D eigenvalue weighted by Crippen LogP contribution is 2.36. The molecule has 3 fully saturated rings. The van der Waals surface area contributed by atoms with E-state index in [0.29, 0.717) is 5.92 Å². The van der Waals surface area contributed by atoms with Crippen molar-refractivity contribution in [2.45, 2.75) is 25.0 Å². The van der Waals surface area contributed by atoms with Gasteiger partial charge in [-0.05, 0) is 25.2 Å². The fraction of sp³-hybridized carbons (Fsp3) is 1.00. The van der Waals surface area contributed by atoms with Gasteiger partial charge in [0.2, 0.25) is 0 Å². The lowest BCUT2D eigenvalue weighted by molar-refractivity contribution is -0.193. The first-order chi connectivity index (χ1) is 5.24. The zero-order valence-corrected chi connectivity index (χ0v) is 6.66. The van der Waals surface area contributed by atoms with Gasteiger partial charge < -0.3 is 10.2 Å². The minimum absolute atomic E-state index is 0.108. The summed E-state index contributed by atoms with van der Waals surface area (Å²) in [7, 11) is 0. The molecule has 1 atom stereocenters. The summed E-state index contributed by atoms with van der Waals surface area (Å²) in [4.78, 5) is 2.01. The third-order valence-corrected chi connectivity index (χ3v) is 3.07. The number of nitrogens with zero attached hydrogens (tertiary/aromatic N) is 1. The van der Waals surface area contributed by atoms with E-state index in [4.69, 9.17) is 5.11 Å². The first-order valence-electron chi connectivity index (χ1n) is 4.33.